The van der Waals surface area contributed by atoms with Crippen molar-refractivity contribution in [2.45, 2.75) is 0 Å². The lowest BCUT2D eigenvalue weighted by Gasteiger charge is -2.09. The molecule has 0 saturated carbocycles. The third-order valence-electron chi connectivity index (χ3n) is 2.97. The Balaban J connectivity index is 2.28. The quantitative estimate of drug-likeness (QED) is 0.843. The monoisotopic (exact) mass is 323 g/mol. The summed E-state index contributed by atoms with van der Waals surface area (Å²) >= 11 is 12.4. The van der Waals surface area contributed by atoms with E-state index in [1.165, 1.54) is 0 Å². The summed E-state index contributed by atoms with van der Waals surface area (Å²) in [6.45, 7) is 0.939. The average molecular weight is 324 g/mol. The molecule has 2 rings (SSSR count). The number of carbonyl (C=O) groups excluding carboxylic acids is 1. The molecule has 2 aromatic rings. The first kappa shape index (κ1) is 15.8. The molecule has 5 heteroatoms. The van der Waals surface area contributed by atoms with Gasteiger partial charge in [-0.3, -0.25) is 4.79 Å². The van der Waals surface area contributed by atoms with Gasteiger partial charge in [0.2, 0.25) is 0 Å². The first-order valence-electron chi connectivity index (χ1n) is 6.45. The van der Waals surface area contributed by atoms with Crippen LogP contribution in [0.15, 0.2) is 42.5 Å². The van der Waals surface area contributed by atoms with E-state index in [0.717, 1.165) is 11.1 Å². The second kappa shape index (κ2) is 7.46. The molecular weight excluding hydrogens is 309 g/mol. The molecule has 1 amide bonds. The maximum Gasteiger partial charge on any atom is 0.251 e. The van der Waals surface area contributed by atoms with E-state index in [1.54, 1.807) is 43.5 Å². The first-order valence-corrected chi connectivity index (χ1v) is 7.20. The second-order valence-electron chi connectivity index (χ2n) is 4.43. The van der Waals surface area contributed by atoms with E-state index in [2.05, 4.69) is 5.32 Å². The van der Waals surface area contributed by atoms with Gasteiger partial charge < -0.3 is 10.1 Å². The van der Waals surface area contributed by atoms with Gasteiger partial charge in [0.15, 0.2) is 0 Å². The second-order valence-corrected chi connectivity index (χ2v) is 5.24. The van der Waals surface area contributed by atoms with Crippen molar-refractivity contribution in [3.8, 4) is 11.1 Å². The highest BCUT2D eigenvalue weighted by atomic mass is 35.5. The molecule has 0 aliphatic carbocycles. The van der Waals surface area contributed by atoms with E-state index in [1.807, 2.05) is 6.07 Å². The Bertz CT molecular complexity index is 624. The lowest BCUT2D eigenvalue weighted by atomic mass is 10.0. The number of methoxy groups -OCH3 is 1. The van der Waals surface area contributed by atoms with Crippen LogP contribution in [0.3, 0.4) is 0 Å². The normalized spacial score (nSPS) is 10.4. The van der Waals surface area contributed by atoms with Crippen LogP contribution in [-0.2, 0) is 4.74 Å². The van der Waals surface area contributed by atoms with Crippen molar-refractivity contribution in [3.63, 3.8) is 0 Å². The lowest BCUT2D eigenvalue weighted by molar-refractivity contribution is 0.0937. The molecule has 1 N–H and O–H groups in total. The molecule has 0 saturated heterocycles. The molecular formula is C16H15Cl2NO2. The molecule has 3 nitrogen and oxygen atoms in total. The van der Waals surface area contributed by atoms with Gasteiger partial charge >= 0.3 is 0 Å². The summed E-state index contributed by atoms with van der Waals surface area (Å²) in [7, 11) is 1.59. The van der Waals surface area contributed by atoms with Gasteiger partial charge in [-0.2, -0.15) is 0 Å². The topological polar surface area (TPSA) is 38.3 Å². The molecule has 0 radical (unpaired) electrons. The van der Waals surface area contributed by atoms with E-state index in [4.69, 9.17) is 27.9 Å². The minimum Gasteiger partial charge on any atom is -0.383 e. The third-order valence-corrected chi connectivity index (χ3v) is 3.60. The molecule has 0 fully saturated rings. The molecule has 110 valence electrons. The number of hydrogen-bond donors (Lipinski definition) is 1. The van der Waals surface area contributed by atoms with Crippen LogP contribution >= 0.6 is 23.2 Å². The summed E-state index contributed by atoms with van der Waals surface area (Å²) in [4.78, 5) is 12.0. The maximum atomic E-state index is 12.0. The van der Waals surface area contributed by atoms with Crippen LogP contribution in [0.5, 0.6) is 0 Å². The Morgan fingerprint density at radius 3 is 2.48 bits per heavy atom. The zero-order chi connectivity index (χ0) is 15.2. The van der Waals surface area contributed by atoms with Crippen molar-refractivity contribution in [2.75, 3.05) is 20.3 Å². The third kappa shape index (κ3) is 3.97. The molecule has 0 heterocycles. The maximum absolute atomic E-state index is 12.0. The SMILES string of the molecule is COCCNC(=O)c1cccc(-c2c(Cl)cccc2Cl)c1. The summed E-state index contributed by atoms with van der Waals surface area (Å²) in [5, 5.41) is 3.89. The average Bonchev–Trinajstić information content (AvgIpc) is 2.47. The number of hydrogen-bond acceptors (Lipinski definition) is 2. The Morgan fingerprint density at radius 2 is 1.81 bits per heavy atom. The zero-order valence-electron chi connectivity index (χ0n) is 11.5. The Hall–Kier alpha value is -1.55. The van der Waals surface area contributed by atoms with Gasteiger partial charge in [-0.1, -0.05) is 41.4 Å². The number of halogens is 2. The van der Waals surface area contributed by atoms with Crippen molar-refractivity contribution in [1.82, 2.24) is 5.32 Å². The number of ether oxygens (including phenoxy) is 1. The van der Waals surface area contributed by atoms with Crippen molar-refractivity contribution in [3.05, 3.63) is 58.1 Å². The van der Waals surface area contributed by atoms with Crippen molar-refractivity contribution in [1.29, 1.82) is 0 Å². The van der Waals surface area contributed by atoms with E-state index in [9.17, 15) is 4.79 Å². The smallest absolute Gasteiger partial charge is 0.251 e. The predicted molar refractivity (Wildman–Crippen MR) is 86.1 cm³/mol. The van der Waals surface area contributed by atoms with E-state index < -0.39 is 0 Å². The number of amides is 1. The highest BCUT2D eigenvalue weighted by Crippen LogP contribution is 2.34. The van der Waals surface area contributed by atoms with Crippen LogP contribution in [0, 0.1) is 0 Å². The Labute approximate surface area is 133 Å². The number of nitrogens with one attached hydrogen (secondary N) is 1. The molecule has 0 aliphatic rings. The van der Waals surface area contributed by atoms with Gasteiger partial charge in [0.1, 0.15) is 0 Å². The molecule has 21 heavy (non-hydrogen) atoms. The van der Waals surface area contributed by atoms with Gasteiger partial charge in [0, 0.05) is 34.8 Å². The molecule has 0 aromatic heterocycles. The van der Waals surface area contributed by atoms with E-state index in [0.29, 0.717) is 28.8 Å². The summed E-state index contributed by atoms with van der Waals surface area (Å²) in [6, 6.07) is 12.5. The number of carbonyl (C=O) groups is 1. The summed E-state index contributed by atoms with van der Waals surface area (Å²) < 4.78 is 4.90. The molecule has 0 bridgehead atoms. The predicted octanol–water partition coefficient (Wildman–Crippen LogP) is 4.04. The molecule has 0 atom stereocenters. The fourth-order valence-corrected chi connectivity index (χ4v) is 2.57. The number of rotatable bonds is 5. The van der Waals surface area contributed by atoms with Gasteiger partial charge in [-0.25, -0.2) is 0 Å². The summed E-state index contributed by atoms with van der Waals surface area (Å²) in [6.07, 6.45) is 0. The fourth-order valence-electron chi connectivity index (χ4n) is 1.96. The van der Waals surface area contributed by atoms with Gasteiger partial charge in [0.05, 0.1) is 6.61 Å². The zero-order valence-corrected chi connectivity index (χ0v) is 13.0. The van der Waals surface area contributed by atoms with Crippen LogP contribution in [-0.4, -0.2) is 26.2 Å². The summed E-state index contributed by atoms with van der Waals surface area (Å²) in [5.74, 6) is -0.155. The van der Waals surface area contributed by atoms with Gasteiger partial charge in [0.25, 0.3) is 5.91 Å². The van der Waals surface area contributed by atoms with Crippen LogP contribution in [0.2, 0.25) is 10.0 Å². The first-order chi connectivity index (χ1) is 10.1. The highest BCUT2D eigenvalue weighted by Gasteiger charge is 2.11. The minimum atomic E-state index is -0.155. The van der Waals surface area contributed by atoms with Crippen molar-refractivity contribution < 1.29 is 9.53 Å². The van der Waals surface area contributed by atoms with Gasteiger partial charge in [-0.15, -0.1) is 0 Å². The Morgan fingerprint density at radius 1 is 1.14 bits per heavy atom. The molecule has 2 aromatic carbocycles. The van der Waals surface area contributed by atoms with Crippen LogP contribution in [0.4, 0.5) is 0 Å². The summed E-state index contributed by atoms with van der Waals surface area (Å²) in [5.41, 5.74) is 2.09. The lowest BCUT2D eigenvalue weighted by Crippen LogP contribution is -2.26. The number of benzene rings is 2. The van der Waals surface area contributed by atoms with E-state index in [-0.39, 0.29) is 5.91 Å². The standard InChI is InChI=1S/C16H15Cl2NO2/c1-21-9-8-19-16(20)12-5-2-4-11(10-12)15-13(17)6-3-7-14(15)18/h2-7,10H,8-9H2,1H3,(H,19,20). The van der Waals surface area contributed by atoms with Crippen molar-refractivity contribution >= 4 is 29.1 Å². The van der Waals surface area contributed by atoms with E-state index >= 15 is 0 Å². The van der Waals surface area contributed by atoms with Crippen LogP contribution < -0.4 is 5.32 Å². The van der Waals surface area contributed by atoms with Crippen LogP contribution in [0.1, 0.15) is 10.4 Å². The Kier molecular flexibility index (Phi) is 5.62. The van der Waals surface area contributed by atoms with Crippen LogP contribution in [0.25, 0.3) is 11.1 Å². The molecule has 0 aliphatic heterocycles. The highest BCUT2D eigenvalue weighted by molar-refractivity contribution is 6.39. The van der Waals surface area contributed by atoms with Crippen molar-refractivity contribution in [2.24, 2.45) is 0 Å². The molecule has 0 unspecified atom stereocenters. The van der Waals surface area contributed by atoms with Gasteiger partial charge in [-0.05, 0) is 29.8 Å². The minimum absolute atomic E-state index is 0.155. The fraction of sp³-hybridized carbons (Fsp3) is 0.188. The largest absolute Gasteiger partial charge is 0.383 e. The molecule has 0 spiro atoms.